The molecule has 2 aromatic rings. The van der Waals surface area contributed by atoms with Crippen LogP contribution < -0.4 is 5.32 Å². The molecule has 0 atom stereocenters. The molecule has 1 N–H and O–H groups in total. The maximum absolute atomic E-state index is 13.0. The number of anilines is 1. The molecule has 0 aromatic heterocycles. The highest BCUT2D eigenvalue weighted by Gasteiger charge is 2.39. The van der Waals surface area contributed by atoms with E-state index in [4.69, 9.17) is 23.2 Å². The molecule has 0 aliphatic carbocycles. The van der Waals surface area contributed by atoms with Crippen LogP contribution in [0.15, 0.2) is 42.1 Å². The lowest BCUT2D eigenvalue weighted by atomic mass is 10.0. The van der Waals surface area contributed by atoms with Gasteiger partial charge in [-0.15, -0.1) is 0 Å². The normalized spacial score (nSPS) is 14.3. The average Bonchev–Trinajstić information content (AvgIpc) is 2.83. The number of carbonyl (C=O) groups excluding carboxylic acids is 2. The Morgan fingerprint density at radius 3 is 2.41 bits per heavy atom. The van der Waals surface area contributed by atoms with E-state index in [0.717, 1.165) is 16.8 Å². The summed E-state index contributed by atoms with van der Waals surface area (Å²) in [5.74, 6) is -0.692. The highest BCUT2D eigenvalue weighted by Crippen LogP contribution is 2.35. The third kappa shape index (κ3) is 3.73. The van der Waals surface area contributed by atoms with Gasteiger partial charge in [0.25, 0.3) is 11.8 Å². The van der Waals surface area contributed by atoms with Gasteiger partial charge in [-0.2, -0.15) is 0 Å². The third-order valence-corrected chi connectivity index (χ3v) is 5.02. The molecule has 1 aliphatic heterocycles. The van der Waals surface area contributed by atoms with Gasteiger partial charge in [0.1, 0.15) is 5.70 Å². The first-order valence-electron chi connectivity index (χ1n) is 8.73. The van der Waals surface area contributed by atoms with Crippen LogP contribution >= 0.6 is 23.2 Å². The molecule has 0 saturated heterocycles. The zero-order valence-corrected chi connectivity index (χ0v) is 16.9. The maximum Gasteiger partial charge on any atom is 0.278 e. The molecular formula is C21H20Cl2N2O2. The predicted molar refractivity (Wildman–Crippen MR) is 110 cm³/mol. The van der Waals surface area contributed by atoms with E-state index in [1.54, 1.807) is 18.2 Å². The van der Waals surface area contributed by atoms with E-state index in [9.17, 15) is 9.59 Å². The molecule has 1 aliphatic rings. The van der Waals surface area contributed by atoms with Gasteiger partial charge in [0.15, 0.2) is 0 Å². The van der Waals surface area contributed by atoms with Crippen molar-refractivity contribution < 1.29 is 9.59 Å². The Morgan fingerprint density at radius 1 is 1.00 bits per heavy atom. The van der Waals surface area contributed by atoms with E-state index in [1.807, 2.05) is 39.0 Å². The van der Waals surface area contributed by atoms with Gasteiger partial charge in [-0.25, -0.2) is 0 Å². The monoisotopic (exact) mass is 402 g/mol. The summed E-state index contributed by atoms with van der Waals surface area (Å²) in [5, 5.41) is 3.98. The maximum atomic E-state index is 13.0. The van der Waals surface area contributed by atoms with Gasteiger partial charge in [-0.1, -0.05) is 48.3 Å². The van der Waals surface area contributed by atoms with Crippen LogP contribution in [-0.2, 0) is 9.59 Å². The lowest BCUT2D eigenvalue weighted by Gasteiger charge is -2.14. The van der Waals surface area contributed by atoms with E-state index >= 15 is 0 Å². The average molecular weight is 403 g/mol. The molecule has 2 aromatic carbocycles. The summed E-state index contributed by atoms with van der Waals surface area (Å²) < 4.78 is 0. The van der Waals surface area contributed by atoms with E-state index in [-0.39, 0.29) is 23.1 Å². The van der Waals surface area contributed by atoms with Crippen molar-refractivity contribution in [2.75, 3.05) is 11.9 Å². The van der Waals surface area contributed by atoms with Gasteiger partial charge in [0.05, 0.1) is 10.6 Å². The molecule has 27 heavy (non-hydrogen) atoms. The summed E-state index contributed by atoms with van der Waals surface area (Å²) in [7, 11) is 0. The molecule has 0 fully saturated rings. The van der Waals surface area contributed by atoms with Gasteiger partial charge in [-0.3, -0.25) is 14.5 Å². The first kappa shape index (κ1) is 19.5. The highest BCUT2D eigenvalue weighted by atomic mass is 35.5. The number of aryl methyl sites for hydroxylation is 2. The fourth-order valence-electron chi connectivity index (χ4n) is 3.07. The molecule has 3 rings (SSSR count). The molecular weight excluding hydrogens is 383 g/mol. The van der Waals surface area contributed by atoms with Crippen LogP contribution in [0.5, 0.6) is 0 Å². The summed E-state index contributed by atoms with van der Waals surface area (Å²) in [6, 6.07) is 10.8. The summed E-state index contributed by atoms with van der Waals surface area (Å²) in [6.45, 7) is 6.19. The van der Waals surface area contributed by atoms with Crippen molar-refractivity contribution in [3.05, 3.63) is 68.8 Å². The quantitative estimate of drug-likeness (QED) is 0.697. The molecule has 0 spiro atoms. The molecule has 2 amide bonds. The number of hydrogen-bond acceptors (Lipinski definition) is 3. The second-order valence-electron chi connectivity index (χ2n) is 6.58. The second-order valence-corrected chi connectivity index (χ2v) is 7.42. The zero-order valence-electron chi connectivity index (χ0n) is 15.4. The van der Waals surface area contributed by atoms with E-state index < -0.39 is 0 Å². The van der Waals surface area contributed by atoms with E-state index in [0.29, 0.717) is 28.6 Å². The molecule has 1 heterocycles. The smallest absolute Gasteiger partial charge is 0.278 e. The molecule has 0 saturated carbocycles. The molecule has 6 heteroatoms. The Kier molecular flexibility index (Phi) is 5.59. The Bertz CT molecular complexity index is 967. The number of amides is 2. The standard InChI is InChI=1S/C21H20Cl2N2O2/c1-4-9-25-20(26)18(15-8-7-14(22)11-16(15)23)19(21(25)27)24-17-10-12(2)5-6-13(17)3/h5-8,10-11,24H,4,9H2,1-3H3. The van der Waals surface area contributed by atoms with Crippen molar-refractivity contribution in [3.8, 4) is 0 Å². The number of hydrogen-bond donors (Lipinski definition) is 1. The molecule has 4 nitrogen and oxygen atoms in total. The largest absolute Gasteiger partial charge is 0.350 e. The minimum absolute atomic E-state index is 0.242. The predicted octanol–water partition coefficient (Wildman–Crippen LogP) is 5.21. The van der Waals surface area contributed by atoms with Gasteiger partial charge < -0.3 is 5.32 Å². The van der Waals surface area contributed by atoms with E-state index in [2.05, 4.69) is 5.32 Å². The van der Waals surface area contributed by atoms with Crippen LogP contribution in [0.25, 0.3) is 5.57 Å². The van der Waals surface area contributed by atoms with Gasteiger partial charge in [0.2, 0.25) is 0 Å². The zero-order chi connectivity index (χ0) is 19.7. The van der Waals surface area contributed by atoms with Crippen molar-refractivity contribution in [3.63, 3.8) is 0 Å². The number of rotatable bonds is 5. The lowest BCUT2D eigenvalue weighted by molar-refractivity contribution is -0.136. The summed E-state index contributed by atoms with van der Waals surface area (Å²) in [5.41, 5.74) is 3.82. The number of nitrogens with one attached hydrogen (secondary N) is 1. The summed E-state index contributed by atoms with van der Waals surface area (Å²) >= 11 is 12.3. The van der Waals surface area contributed by atoms with Crippen molar-refractivity contribution >= 4 is 46.3 Å². The van der Waals surface area contributed by atoms with Crippen LogP contribution in [0.1, 0.15) is 30.0 Å². The number of imide groups is 1. The van der Waals surface area contributed by atoms with Crippen molar-refractivity contribution in [1.82, 2.24) is 4.90 Å². The Morgan fingerprint density at radius 2 is 1.74 bits per heavy atom. The fraction of sp³-hybridized carbons (Fsp3) is 0.238. The first-order valence-corrected chi connectivity index (χ1v) is 9.49. The SMILES string of the molecule is CCCN1C(=O)C(Nc2cc(C)ccc2C)=C(c2ccc(Cl)cc2Cl)C1=O. The second kappa shape index (κ2) is 7.75. The first-order chi connectivity index (χ1) is 12.8. The highest BCUT2D eigenvalue weighted by molar-refractivity contribution is 6.41. The molecule has 0 radical (unpaired) electrons. The van der Waals surface area contributed by atoms with E-state index in [1.165, 1.54) is 4.90 Å². The summed E-state index contributed by atoms with van der Waals surface area (Å²) in [4.78, 5) is 27.3. The number of carbonyl (C=O) groups is 2. The van der Waals surface area contributed by atoms with Crippen LogP contribution in [0.4, 0.5) is 5.69 Å². The molecule has 0 unspecified atom stereocenters. The van der Waals surface area contributed by atoms with Crippen LogP contribution in [0.3, 0.4) is 0 Å². The van der Waals surface area contributed by atoms with Gasteiger partial charge in [0, 0.05) is 22.8 Å². The van der Waals surface area contributed by atoms with Crippen molar-refractivity contribution in [1.29, 1.82) is 0 Å². The molecule has 140 valence electrons. The third-order valence-electron chi connectivity index (χ3n) is 4.47. The Labute approximate surface area is 168 Å². The van der Waals surface area contributed by atoms with Crippen molar-refractivity contribution in [2.45, 2.75) is 27.2 Å². The Hall–Kier alpha value is -2.30. The summed E-state index contributed by atoms with van der Waals surface area (Å²) in [6.07, 6.45) is 0.676. The minimum Gasteiger partial charge on any atom is -0.350 e. The van der Waals surface area contributed by atoms with Crippen molar-refractivity contribution in [2.24, 2.45) is 0 Å². The van der Waals surface area contributed by atoms with Crippen LogP contribution in [-0.4, -0.2) is 23.3 Å². The fourth-order valence-corrected chi connectivity index (χ4v) is 3.57. The molecule has 0 bridgehead atoms. The number of halogens is 2. The number of nitrogens with zero attached hydrogens (tertiary/aromatic N) is 1. The number of benzene rings is 2. The van der Waals surface area contributed by atoms with Gasteiger partial charge in [-0.05, 0) is 49.6 Å². The van der Waals surface area contributed by atoms with Crippen LogP contribution in [0, 0.1) is 13.8 Å². The topological polar surface area (TPSA) is 49.4 Å². The van der Waals surface area contributed by atoms with Crippen LogP contribution in [0.2, 0.25) is 10.0 Å². The van der Waals surface area contributed by atoms with Gasteiger partial charge >= 0.3 is 0 Å². The minimum atomic E-state index is -0.348. The lowest BCUT2D eigenvalue weighted by Crippen LogP contribution is -2.33. The Balaban J connectivity index is 2.15.